The highest BCUT2D eigenvalue weighted by Crippen LogP contribution is 2.63. The number of carbonyl (C=O) groups excluding carboxylic acids is 2. The van der Waals surface area contributed by atoms with Crippen LogP contribution < -0.4 is 10.6 Å². The maximum atomic E-state index is 14.4. The predicted molar refractivity (Wildman–Crippen MR) is 157 cm³/mol. The number of hydrogen-bond acceptors (Lipinski definition) is 6. The molecule has 0 radical (unpaired) electrons. The van der Waals surface area contributed by atoms with Crippen molar-refractivity contribution < 1.29 is 33.9 Å². The maximum absolute atomic E-state index is 14.4. The summed E-state index contributed by atoms with van der Waals surface area (Å²) < 4.78 is 82.8. The number of benzene rings is 2. The predicted octanol–water partition coefficient (Wildman–Crippen LogP) is 4.47. The first-order valence-corrected chi connectivity index (χ1v) is 16.5. The van der Waals surface area contributed by atoms with Gasteiger partial charge in [0, 0.05) is 77.7 Å². The van der Waals surface area contributed by atoms with Crippen molar-refractivity contribution in [3.8, 4) is 0 Å². The van der Waals surface area contributed by atoms with Gasteiger partial charge in [-0.05, 0) is 66.1 Å². The molecule has 3 fully saturated rings. The van der Waals surface area contributed by atoms with Crippen LogP contribution in [0.15, 0.2) is 41.3 Å². The summed E-state index contributed by atoms with van der Waals surface area (Å²) >= 11 is 6.23. The van der Waals surface area contributed by atoms with Crippen LogP contribution in [-0.2, 0) is 32.5 Å². The van der Waals surface area contributed by atoms with E-state index >= 15 is 0 Å². The van der Waals surface area contributed by atoms with Crippen LogP contribution in [0.1, 0.15) is 46.0 Å². The normalized spacial score (nSPS) is 22.4. The third kappa shape index (κ3) is 7.64. The summed E-state index contributed by atoms with van der Waals surface area (Å²) in [6, 6.07) is 8.50. The fourth-order valence-corrected chi connectivity index (χ4v) is 6.84. The van der Waals surface area contributed by atoms with E-state index in [-0.39, 0.29) is 80.8 Å². The molecule has 3 aliphatic rings. The fraction of sp³-hybridized carbons (Fsp3) is 0.533. The molecular formula is C30H36ClF3N4O4S. The van der Waals surface area contributed by atoms with E-state index in [2.05, 4.69) is 10.6 Å². The number of nitrogens with zero attached hydrogens (tertiary/aromatic N) is 2. The van der Waals surface area contributed by atoms with Crippen LogP contribution in [0, 0.1) is 17.2 Å². The second-order valence-corrected chi connectivity index (χ2v) is 14.2. The largest absolute Gasteiger partial charge is 0.381 e. The van der Waals surface area contributed by atoms with Crippen LogP contribution in [0.2, 0.25) is 5.02 Å². The van der Waals surface area contributed by atoms with Crippen molar-refractivity contribution in [2.24, 2.45) is 11.3 Å². The fourth-order valence-electron chi connectivity index (χ4n) is 5.94. The molecule has 2 aromatic rings. The molecule has 0 bridgehead atoms. The molecule has 1 spiro atoms. The van der Waals surface area contributed by atoms with Gasteiger partial charge in [0.1, 0.15) is 10.7 Å². The Morgan fingerprint density at radius 3 is 2.42 bits per heavy atom. The Labute approximate surface area is 257 Å². The number of piperazine rings is 1. The number of nitrogens with one attached hydrogen (secondary N) is 2. The average molecular weight is 643 g/mol. The lowest BCUT2D eigenvalue weighted by atomic mass is 9.82. The first-order valence-electron chi connectivity index (χ1n) is 15.2. The highest BCUT2D eigenvalue weighted by Gasteiger charge is 2.60. The van der Waals surface area contributed by atoms with E-state index in [9.17, 15) is 31.2 Å². The van der Waals surface area contributed by atoms with Crippen molar-refractivity contribution in [1.82, 2.24) is 15.1 Å². The molecule has 8 nitrogen and oxygen atoms in total. The molecule has 13 heteroatoms. The quantitative estimate of drug-likeness (QED) is 0.419. The second kappa shape index (κ2) is 12.3. The van der Waals surface area contributed by atoms with Crippen molar-refractivity contribution in [1.29, 1.82) is 0 Å². The minimum absolute atomic E-state index is 0.0914. The van der Waals surface area contributed by atoms with Gasteiger partial charge in [0.15, 0.2) is 9.84 Å². The van der Waals surface area contributed by atoms with Gasteiger partial charge >= 0.3 is 0 Å². The van der Waals surface area contributed by atoms with E-state index in [1.807, 2.05) is 0 Å². The Morgan fingerprint density at radius 2 is 1.77 bits per heavy atom. The Balaban J connectivity index is 1.15. The maximum Gasteiger partial charge on any atom is 0.248 e. The number of anilines is 1. The van der Waals surface area contributed by atoms with Gasteiger partial charge in [-0.2, -0.15) is 0 Å². The molecule has 1 atom stereocenters. The van der Waals surface area contributed by atoms with E-state index in [1.165, 1.54) is 18.2 Å². The highest BCUT2D eigenvalue weighted by atomic mass is 35.5. The summed E-state index contributed by atoms with van der Waals surface area (Å²) in [5.74, 6) is -4.45. The molecule has 1 aliphatic heterocycles. The molecular weight excluding hydrogens is 605 g/mol. The van der Waals surface area contributed by atoms with Gasteiger partial charge in [-0.15, -0.1) is 0 Å². The van der Waals surface area contributed by atoms with Crippen molar-refractivity contribution in [2.45, 2.75) is 56.0 Å². The molecule has 2 N–H and O–H groups in total. The van der Waals surface area contributed by atoms with Crippen LogP contribution in [-0.4, -0.2) is 74.9 Å². The van der Waals surface area contributed by atoms with E-state index in [1.54, 1.807) is 21.9 Å². The van der Waals surface area contributed by atoms with E-state index in [0.29, 0.717) is 35.5 Å². The highest BCUT2D eigenvalue weighted by molar-refractivity contribution is 7.90. The zero-order valence-electron chi connectivity index (χ0n) is 25.8. The Bertz CT molecular complexity index is 1580. The number of rotatable bonds is 9. The van der Waals surface area contributed by atoms with Crippen molar-refractivity contribution in [3.05, 3.63) is 58.4 Å². The summed E-state index contributed by atoms with van der Waals surface area (Å²) in [4.78, 5) is 28.2. The van der Waals surface area contributed by atoms with Gasteiger partial charge in [-0.1, -0.05) is 17.7 Å². The first kappa shape index (κ1) is 28.9. The number of carbonyl (C=O) groups is 2. The van der Waals surface area contributed by atoms with Crippen LogP contribution in [0.5, 0.6) is 0 Å². The Hall–Kier alpha value is -2.83. The van der Waals surface area contributed by atoms with Crippen LogP contribution >= 0.6 is 11.6 Å². The number of amides is 2. The van der Waals surface area contributed by atoms with Gasteiger partial charge in [-0.3, -0.25) is 14.5 Å². The van der Waals surface area contributed by atoms with Gasteiger partial charge < -0.3 is 15.5 Å². The molecule has 43 heavy (non-hydrogen) atoms. The van der Waals surface area contributed by atoms with Gasteiger partial charge in [0.2, 0.25) is 17.7 Å². The number of hydrogen-bond donors (Lipinski definition) is 2. The number of halogens is 4. The van der Waals surface area contributed by atoms with Crippen molar-refractivity contribution in [3.63, 3.8) is 0 Å². The molecule has 5 rings (SSSR count). The van der Waals surface area contributed by atoms with Crippen LogP contribution in [0.4, 0.5) is 18.9 Å². The van der Waals surface area contributed by atoms with Crippen molar-refractivity contribution in [2.75, 3.05) is 44.3 Å². The molecule has 1 heterocycles. The van der Waals surface area contributed by atoms with E-state index < -0.39 is 33.0 Å². The summed E-state index contributed by atoms with van der Waals surface area (Å²) in [6.07, 6.45) is 1.72. The van der Waals surface area contributed by atoms with E-state index in [4.69, 9.17) is 14.3 Å². The minimum atomic E-state index is -3.72. The third-order valence-electron chi connectivity index (χ3n) is 8.67. The SMILES string of the molecule is [2H]C([2H])(c1cc(Cl)ccc1NCc1ccc(S(C)(=O)=O)c(F)c1)N1CCN(C(=O)CNC(=O)[C@@H]2CC23CCC(F)(F)CC3)CC1. The number of alkyl halides is 2. The summed E-state index contributed by atoms with van der Waals surface area (Å²) in [5.41, 5.74) is 0.753. The standard InChI is InChI=1S/C30H36ClF3N4O4S/c1-43(41,42)26-5-2-20(14-24(26)32)17-35-25-4-3-22(31)15-21(25)19-37-10-12-38(13-11-37)27(39)18-36-28(40)23-16-29(23)6-8-30(33,34)9-7-29/h2-5,14-15,23,35H,6-13,16-19H2,1H3,(H,36,40)/t23-/m0/s1/i19D2. The smallest absolute Gasteiger partial charge is 0.248 e. The molecule has 0 unspecified atom stereocenters. The third-order valence-corrected chi connectivity index (χ3v) is 10.0. The minimum Gasteiger partial charge on any atom is -0.381 e. The molecule has 1 saturated heterocycles. The second-order valence-electron chi connectivity index (χ2n) is 11.8. The van der Waals surface area contributed by atoms with Crippen LogP contribution in [0.3, 0.4) is 0 Å². The molecule has 0 aromatic heterocycles. The Morgan fingerprint density at radius 1 is 1.07 bits per heavy atom. The lowest BCUT2D eigenvalue weighted by molar-refractivity contribution is -0.135. The lowest BCUT2D eigenvalue weighted by Gasteiger charge is -2.35. The van der Waals surface area contributed by atoms with Crippen LogP contribution in [0.25, 0.3) is 0 Å². The van der Waals surface area contributed by atoms with Crippen molar-refractivity contribution >= 4 is 38.9 Å². The molecule has 2 saturated carbocycles. The zero-order chi connectivity index (χ0) is 32.8. The molecule has 234 valence electrons. The summed E-state index contributed by atoms with van der Waals surface area (Å²) in [7, 11) is -3.72. The monoisotopic (exact) mass is 642 g/mol. The Kier molecular flexibility index (Phi) is 8.26. The lowest BCUT2D eigenvalue weighted by Crippen LogP contribution is -2.51. The average Bonchev–Trinajstić information content (AvgIpc) is 3.70. The topological polar surface area (TPSA) is 98.8 Å². The van der Waals surface area contributed by atoms with Gasteiger partial charge in [-0.25, -0.2) is 21.6 Å². The molecule has 2 aromatic carbocycles. The van der Waals surface area contributed by atoms with Gasteiger partial charge in [0.05, 0.1) is 6.54 Å². The van der Waals surface area contributed by atoms with Gasteiger partial charge in [0.25, 0.3) is 0 Å². The first-order chi connectivity index (χ1) is 21.0. The molecule has 2 aliphatic carbocycles. The molecule has 2 amide bonds. The van der Waals surface area contributed by atoms with E-state index in [0.717, 1.165) is 12.3 Å². The zero-order valence-corrected chi connectivity index (χ0v) is 25.3. The summed E-state index contributed by atoms with van der Waals surface area (Å²) in [6.45, 7) is -1.25. The number of sulfone groups is 1. The summed E-state index contributed by atoms with van der Waals surface area (Å²) in [5, 5.41) is 6.08.